The van der Waals surface area contributed by atoms with E-state index in [-0.39, 0.29) is 0 Å². The molecule has 0 saturated carbocycles. The van der Waals surface area contributed by atoms with Crippen LogP contribution in [0.5, 0.6) is 11.5 Å². The Morgan fingerprint density at radius 3 is 2.33 bits per heavy atom. The topological polar surface area (TPSA) is 42.2 Å². The first-order valence-electron chi connectivity index (χ1n) is 4.15. The molecule has 4 heteroatoms. The summed E-state index contributed by atoms with van der Waals surface area (Å²) in [7, 11) is 3.11. The van der Waals surface area contributed by atoms with Crippen LogP contribution in [0, 0.1) is 11.3 Å². The summed E-state index contributed by atoms with van der Waals surface area (Å²) in [6, 6.07) is 5.49. The third kappa shape index (κ3) is 2.13. The predicted octanol–water partition coefficient (Wildman–Crippen LogP) is 3.00. The van der Waals surface area contributed by atoms with Crippen LogP contribution in [0.1, 0.15) is 5.56 Å². The summed E-state index contributed by atoms with van der Waals surface area (Å²) < 4.78 is 11.0. The normalized spacial score (nSPS) is 9.20. The smallest absolute Gasteiger partial charge is 0.133 e. The van der Waals surface area contributed by atoms with E-state index >= 15 is 0 Å². The molecule has 1 aromatic carbocycles. The number of rotatable bonds is 3. The van der Waals surface area contributed by atoms with Crippen LogP contribution < -0.4 is 9.47 Å². The first-order chi connectivity index (χ1) is 7.15. The molecule has 1 rings (SSSR count). The highest BCUT2D eigenvalue weighted by Gasteiger charge is 2.14. The van der Waals surface area contributed by atoms with Crippen LogP contribution in [0.25, 0.3) is 5.57 Å². The van der Waals surface area contributed by atoms with Crippen LogP contribution in [0.4, 0.5) is 0 Å². The Morgan fingerprint density at radius 2 is 1.87 bits per heavy atom. The molecule has 1 aromatic rings. The molecule has 0 spiro atoms. The van der Waals surface area contributed by atoms with Gasteiger partial charge in [-0.15, -0.1) is 0 Å². The van der Waals surface area contributed by atoms with E-state index in [1.807, 2.05) is 6.07 Å². The van der Waals surface area contributed by atoms with Crippen LogP contribution in [0.15, 0.2) is 23.2 Å². The lowest BCUT2D eigenvalue weighted by Gasteiger charge is -2.12. The van der Waals surface area contributed by atoms with Gasteiger partial charge in [-0.2, -0.15) is 5.26 Å². The molecule has 0 aliphatic heterocycles. The van der Waals surface area contributed by atoms with Crippen molar-refractivity contribution in [3.63, 3.8) is 0 Å². The maximum Gasteiger partial charge on any atom is 0.133 e. The number of allylic oxidation sites excluding steroid dienone is 1. The van der Waals surface area contributed by atoms with Gasteiger partial charge < -0.3 is 9.47 Å². The SMILES string of the molecule is C=C(C#N)c1c(OC)ccc(OC)c1Br. The molecular formula is C11H10BrNO2. The largest absolute Gasteiger partial charge is 0.496 e. The molecule has 0 aliphatic rings. The number of ether oxygens (including phenoxy) is 2. The molecule has 15 heavy (non-hydrogen) atoms. The van der Waals surface area contributed by atoms with Crippen molar-refractivity contribution in [3.8, 4) is 17.6 Å². The Hall–Kier alpha value is -1.47. The fourth-order valence-electron chi connectivity index (χ4n) is 1.20. The van der Waals surface area contributed by atoms with Gasteiger partial charge in [0.05, 0.1) is 35.9 Å². The summed E-state index contributed by atoms with van der Waals surface area (Å²) >= 11 is 3.36. The number of benzene rings is 1. The van der Waals surface area contributed by atoms with Crippen LogP contribution in [0.2, 0.25) is 0 Å². The van der Waals surface area contributed by atoms with Crippen molar-refractivity contribution in [2.45, 2.75) is 0 Å². The first kappa shape index (κ1) is 11.6. The maximum absolute atomic E-state index is 8.83. The molecule has 3 nitrogen and oxygen atoms in total. The molecular weight excluding hydrogens is 258 g/mol. The lowest BCUT2D eigenvalue weighted by molar-refractivity contribution is 0.400. The van der Waals surface area contributed by atoms with Crippen molar-refractivity contribution in [2.75, 3.05) is 14.2 Å². The Balaban J connectivity index is 3.44. The van der Waals surface area contributed by atoms with Crippen molar-refractivity contribution in [1.82, 2.24) is 0 Å². The van der Waals surface area contributed by atoms with Crippen molar-refractivity contribution >= 4 is 21.5 Å². The molecule has 0 aromatic heterocycles. The van der Waals surface area contributed by atoms with E-state index in [9.17, 15) is 0 Å². The summed E-state index contributed by atoms with van der Waals surface area (Å²) in [6.07, 6.45) is 0. The van der Waals surface area contributed by atoms with Crippen LogP contribution in [-0.4, -0.2) is 14.2 Å². The van der Waals surface area contributed by atoms with E-state index in [0.717, 1.165) is 0 Å². The lowest BCUT2D eigenvalue weighted by Crippen LogP contribution is -1.94. The van der Waals surface area contributed by atoms with Crippen molar-refractivity contribution < 1.29 is 9.47 Å². The van der Waals surface area contributed by atoms with Crippen molar-refractivity contribution in [1.29, 1.82) is 5.26 Å². The molecule has 0 N–H and O–H groups in total. The Bertz CT molecular complexity index is 435. The van der Waals surface area contributed by atoms with Gasteiger partial charge in [0.25, 0.3) is 0 Å². The van der Waals surface area contributed by atoms with Gasteiger partial charge in [-0.3, -0.25) is 0 Å². The third-order valence-electron chi connectivity index (χ3n) is 1.94. The first-order valence-corrected chi connectivity index (χ1v) is 4.94. The number of nitriles is 1. The number of halogens is 1. The molecule has 0 aliphatic carbocycles. The van der Waals surface area contributed by atoms with Crippen molar-refractivity contribution in [3.05, 3.63) is 28.7 Å². The molecule has 0 amide bonds. The highest BCUT2D eigenvalue weighted by Crippen LogP contribution is 2.38. The third-order valence-corrected chi connectivity index (χ3v) is 2.73. The summed E-state index contributed by atoms with van der Waals surface area (Å²) in [5, 5.41) is 8.83. The van der Waals surface area contributed by atoms with Crippen LogP contribution >= 0.6 is 15.9 Å². The number of hydrogen-bond acceptors (Lipinski definition) is 3. The molecule has 0 radical (unpaired) electrons. The lowest BCUT2D eigenvalue weighted by atomic mass is 10.1. The van der Waals surface area contributed by atoms with E-state index < -0.39 is 0 Å². The number of methoxy groups -OCH3 is 2. The minimum Gasteiger partial charge on any atom is -0.496 e. The van der Waals surface area contributed by atoms with Gasteiger partial charge in [-0.1, -0.05) is 6.58 Å². The number of nitrogens with zero attached hydrogens (tertiary/aromatic N) is 1. The minimum absolute atomic E-state index is 0.331. The average molecular weight is 268 g/mol. The Labute approximate surface area is 97.1 Å². The van der Waals surface area contributed by atoms with Gasteiger partial charge in [-0.25, -0.2) is 0 Å². The molecule has 0 saturated heterocycles. The van der Waals surface area contributed by atoms with Gasteiger partial charge in [-0.05, 0) is 28.1 Å². The van der Waals surface area contributed by atoms with Crippen LogP contribution in [0.3, 0.4) is 0 Å². The summed E-state index contributed by atoms with van der Waals surface area (Å²) in [5.41, 5.74) is 0.956. The molecule has 0 bridgehead atoms. The van der Waals surface area contributed by atoms with Crippen LogP contribution in [-0.2, 0) is 0 Å². The van der Waals surface area contributed by atoms with E-state index in [1.54, 1.807) is 26.4 Å². The van der Waals surface area contributed by atoms with Gasteiger partial charge in [0.2, 0.25) is 0 Å². The zero-order chi connectivity index (χ0) is 11.4. The van der Waals surface area contributed by atoms with E-state index in [2.05, 4.69) is 22.5 Å². The standard InChI is InChI=1S/C11H10BrNO2/c1-7(6-13)10-8(14-2)4-5-9(15-3)11(10)12/h4-5H,1H2,2-3H3. The second-order valence-electron chi connectivity index (χ2n) is 2.75. The molecule has 0 atom stereocenters. The van der Waals surface area contributed by atoms with E-state index in [0.29, 0.717) is 27.1 Å². The van der Waals surface area contributed by atoms with E-state index in [1.165, 1.54) is 0 Å². The van der Waals surface area contributed by atoms with Crippen molar-refractivity contribution in [2.24, 2.45) is 0 Å². The van der Waals surface area contributed by atoms with Gasteiger partial charge in [0.15, 0.2) is 0 Å². The highest BCUT2D eigenvalue weighted by atomic mass is 79.9. The average Bonchev–Trinajstić information content (AvgIpc) is 2.27. The van der Waals surface area contributed by atoms with Gasteiger partial charge >= 0.3 is 0 Å². The second-order valence-corrected chi connectivity index (χ2v) is 3.54. The minimum atomic E-state index is 0.331. The Morgan fingerprint density at radius 1 is 1.33 bits per heavy atom. The Kier molecular flexibility index (Phi) is 3.75. The number of hydrogen-bond donors (Lipinski definition) is 0. The van der Waals surface area contributed by atoms with Gasteiger partial charge in [0, 0.05) is 0 Å². The van der Waals surface area contributed by atoms with Gasteiger partial charge in [0.1, 0.15) is 11.5 Å². The second kappa shape index (κ2) is 4.85. The fraction of sp³-hybridized carbons (Fsp3) is 0.182. The maximum atomic E-state index is 8.83. The van der Waals surface area contributed by atoms with E-state index in [4.69, 9.17) is 14.7 Å². The molecule has 0 fully saturated rings. The molecule has 78 valence electrons. The monoisotopic (exact) mass is 267 g/mol. The fourth-order valence-corrected chi connectivity index (χ4v) is 1.93. The molecule has 0 heterocycles. The summed E-state index contributed by atoms with van der Waals surface area (Å²) in [5.74, 6) is 1.23. The zero-order valence-corrected chi connectivity index (χ0v) is 10.1. The summed E-state index contributed by atoms with van der Waals surface area (Å²) in [6.45, 7) is 3.66. The molecule has 0 unspecified atom stereocenters. The zero-order valence-electron chi connectivity index (χ0n) is 8.50. The summed E-state index contributed by atoms with van der Waals surface area (Å²) in [4.78, 5) is 0. The predicted molar refractivity (Wildman–Crippen MR) is 61.9 cm³/mol. The quantitative estimate of drug-likeness (QED) is 0.791. The highest BCUT2D eigenvalue weighted by molar-refractivity contribution is 9.10.